The molecule has 0 aliphatic heterocycles. The molecule has 1 heterocycles. The lowest BCUT2D eigenvalue weighted by molar-refractivity contribution is 0.0991. The minimum atomic E-state index is -0.528. The predicted molar refractivity (Wildman–Crippen MR) is 72.0 cm³/mol. The van der Waals surface area contributed by atoms with E-state index in [1.54, 1.807) is 30.1 Å². The summed E-state index contributed by atoms with van der Waals surface area (Å²) in [5.41, 5.74) is 1.59. The van der Waals surface area contributed by atoms with Crippen molar-refractivity contribution in [3.63, 3.8) is 0 Å². The molecule has 0 saturated heterocycles. The number of nitrogens with zero attached hydrogens (tertiary/aromatic N) is 2. The number of benzene rings is 1. The van der Waals surface area contributed by atoms with E-state index in [0.29, 0.717) is 17.5 Å². The molecule has 5 heteroatoms. The van der Waals surface area contributed by atoms with Crippen LogP contribution in [0.25, 0.3) is 0 Å². The van der Waals surface area contributed by atoms with Gasteiger partial charge in [0, 0.05) is 19.7 Å². The van der Waals surface area contributed by atoms with Crippen molar-refractivity contribution in [2.45, 2.75) is 19.8 Å². The van der Waals surface area contributed by atoms with Crippen LogP contribution in [0.5, 0.6) is 0 Å². The second-order valence-electron chi connectivity index (χ2n) is 4.33. The Morgan fingerprint density at radius 3 is 2.89 bits per heavy atom. The van der Waals surface area contributed by atoms with Crippen LogP contribution in [0, 0.1) is 5.82 Å². The van der Waals surface area contributed by atoms with Crippen molar-refractivity contribution in [1.29, 1.82) is 0 Å². The third-order valence-corrected chi connectivity index (χ3v) is 3.22. The Labute approximate surface area is 116 Å². The molecule has 0 fully saturated rings. The van der Waals surface area contributed by atoms with Crippen LogP contribution in [-0.4, -0.2) is 15.6 Å². The largest absolute Gasteiger partial charge is 0.294 e. The SMILES string of the molecule is CCc1nn(C)cc1C(=O)Cc1cccc(Cl)c1F. The lowest BCUT2D eigenvalue weighted by Gasteiger charge is -2.03. The highest BCUT2D eigenvalue weighted by Crippen LogP contribution is 2.20. The Kier molecular flexibility index (Phi) is 4.00. The summed E-state index contributed by atoms with van der Waals surface area (Å²) in [6, 6.07) is 4.67. The molecule has 0 spiro atoms. The number of rotatable bonds is 4. The van der Waals surface area contributed by atoms with Gasteiger partial charge in [-0.3, -0.25) is 9.48 Å². The van der Waals surface area contributed by atoms with Crippen molar-refractivity contribution in [1.82, 2.24) is 9.78 Å². The average Bonchev–Trinajstić information content (AvgIpc) is 2.76. The maximum Gasteiger partial charge on any atom is 0.170 e. The molecular weight excluding hydrogens is 267 g/mol. The molecule has 0 atom stereocenters. The molecule has 100 valence electrons. The van der Waals surface area contributed by atoms with Gasteiger partial charge in [0.25, 0.3) is 0 Å². The van der Waals surface area contributed by atoms with Crippen molar-refractivity contribution in [2.24, 2.45) is 7.05 Å². The summed E-state index contributed by atoms with van der Waals surface area (Å²) in [6.07, 6.45) is 2.33. The van der Waals surface area contributed by atoms with Gasteiger partial charge in [-0.25, -0.2) is 4.39 Å². The summed E-state index contributed by atoms with van der Waals surface area (Å²) in [5, 5.41) is 4.24. The van der Waals surface area contributed by atoms with Crippen LogP contribution in [0.4, 0.5) is 4.39 Å². The zero-order chi connectivity index (χ0) is 14.0. The quantitative estimate of drug-likeness (QED) is 0.806. The molecule has 0 aliphatic rings. The lowest BCUT2D eigenvalue weighted by Crippen LogP contribution is -2.07. The molecule has 3 nitrogen and oxygen atoms in total. The molecule has 0 radical (unpaired) electrons. The van der Waals surface area contributed by atoms with Crippen molar-refractivity contribution in [2.75, 3.05) is 0 Å². The van der Waals surface area contributed by atoms with E-state index in [2.05, 4.69) is 5.10 Å². The first-order valence-corrected chi connectivity index (χ1v) is 6.39. The maximum atomic E-state index is 13.8. The predicted octanol–water partition coefficient (Wildman–Crippen LogP) is 3.20. The Balaban J connectivity index is 2.28. The molecule has 0 N–H and O–H groups in total. The summed E-state index contributed by atoms with van der Waals surface area (Å²) < 4.78 is 15.4. The van der Waals surface area contributed by atoms with Crippen LogP contribution in [0.15, 0.2) is 24.4 Å². The first-order valence-electron chi connectivity index (χ1n) is 6.01. The second kappa shape index (κ2) is 5.53. The molecule has 19 heavy (non-hydrogen) atoms. The Bertz CT molecular complexity index is 622. The van der Waals surface area contributed by atoms with Gasteiger partial charge in [0.2, 0.25) is 0 Å². The van der Waals surface area contributed by atoms with Gasteiger partial charge in [-0.15, -0.1) is 0 Å². The molecule has 0 bridgehead atoms. The molecule has 1 aromatic carbocycles. The Morgan fingerprint density at radius 1 is 1.47 bits per heavy atom. The van der Waals surface area contributed by atoms with Gasteiger partial charge in [-0.05, 0) is 18.1 Å². The smallest absolute Gasteiger partial charge is 0.170 e. The topological polar surface area (TPSA) is 34.9 Å². The van der Waals surface area contributed by atoms with E-state index in [4.69, 9.17) is 11.6 Å². The number of Topliss-reactive ketones (excluding diaryl/α,β-unsaturated/α-hetero) is 1. The van der Waals surface area contributed by atoms with E-state index in [0.717, 1.165) is 5.69 Å². The molecule has 2 rings (SSSR count). The van der Waals surface area contributed by atoms with E-state index in [1.165, 1.54) is 6.07 Å². The fourth-order valence-corrected chi connectivity index (χ4v) is 2.18. The minimum Gasteiger partial charge on any atom is -0.294 e. The molecular formula is C14H14ClFN2O. The van der Waals surface area contributed by atoms with E-state index in [-0.39, 0.29) is 17.2 Å². The molecule has 1 aromatic heterocycles. The van der Waals surface area contributed by atoms with E-state index in [1.807, 2.05) is 6.92 Å². The number of hydrogen-bond donors (Lipinski definition) is 0. The summed E-state index contributed by atoms with van der Waals surface area (Å²) in [4.78, 5) is 12.2. The van der Waals surface area contributed by atoms with Gasteiger partial charge in [-0.2, -0.15) is 5.10 Å². The van der Waals surface area contributed by atoms with Crippen LogP contribution >= 0.6 is 11.6 Å². The van der Waals surface area contributed by atoms with Gasteiger partial charge < -0.3 is 0 Å². The highest BCUT2D eigenvalue weighted by atomic mass is 35.5. The van der Waals surface area contributed by atoms with Gasteiger partial charge >= 0.3 is 0 Å². The number of aryl methyl sites for hydroxylation is 2. The molecule has 0 amide bonds. The minimum absolute atomic E-state index is 0.00884. The normalized spacial score (nSPS) is 10.7. The van der Waals surface area contributed by atoms with Crippen LogP contribution in [0.3, 0.4) is 0 Å². The highest BCUT2D eigenvalue weighted by molar-refractivity contribution is 6.30. The van der Waals surface area contributed by atoms with Crippen LogP contribution in [-0.2, 0) is 19.9 Å². The standard InChI is InChI=1S/C14H14ClFN2O/c1-3-12-10(8-18(2)17-12)13(19)7-9-5-4-6-11(15)14(9)16/h4-6,8H,3,7H2,1-2H3. The summed E-state index contributed by atoms with van der Waals surface area (Å²) >= 11 is 5.70. The van der Waals surface area contributed by atoms with Crippen LogP contribution < -0.4 is 0 Å². The zero-order valence-corrected chi connectivity index (χ0v) is 11.5. The van der Waals surface area contributed by atoms with Crippen molar-refractivity contribution < 1.29 is 9.18 Å². The van der Waals surface area contributed by atoms with E-state index >= 15 is 0 Å². The lowest BCUT2D eigenvalue weighted by atomic mass is 10.0. The van der Waals surface area contributed by atoms with Crippen LogP contribution in [0.1, 0.15) is 28.5 Å². The molecule has 0 saturated carbocycles. The number of carbonyl (C=O) groups is 1. The van der Waals surface area contributed by atoms with Gasteiger partial charge in [-0.1, -0.05) is 30.7 Å². The summed E-state index contributed by atoms with van der Waals surface area (Å²) in [6.45, 7) is 1.93. The van der Waals surface area contributed by atoms with Gasteiger partial charge in [0.15, 0.2) is 5.78 Å². The maximum absolute atomic E-state index is 13.8. The van der Waals surface area contributed by atoms with Crippen molar-refractivity contribution in [3.05, 3.63) is 52.1 Å². The molecule has 0 unspecified atom stereocenters. The number of ketones is 1. The first-order chi connectivity index (χ1) is 9.02. The Hall–Kier alpha value is -1.68. The highest BCUT2D eigenvalue weighted by Gasteiger charge is 2.17. The van der Waals surface area contributed by atoms with Crippen molar-refractivity contribution >= 4 is 17.4 Å². The molecule has 2 aromatic rings. The fraction of sp³-hybridized carbons (Fsp3) is 0.286. The Morgan fingerprint density at radius 2 is 2.21 bits per heavy atom. The number of carbonyl (C=O) groups excluding carboxylic acids is 1. The number of hydrogen-bond acceptors (Lipinski definition) is 2. The second-order valence-corrected chi connectivity index (χ2v) is 4.74. The molecule has 0 aliphatic carbocycles. The first kappa shape index (κ1) is 13.7. The van der Waals surface area contributed by atoms with Crippen molar-refractivity contribution in [3.8, 4) is 0 Å². The number of aromatic nitrogens is 2. The van der Waals surface area contributed by atoms with Gasteiger partial charge in [0.1, 0.15) is 5.82 Å². The third kappa shape index (κ3) is 2.84. The summed E-state index contributed by atoms with van der Waals surface area (Å²) in [7, 11) is 1.76. The van der Waals surface area contributed by atoms with E-state index in [9.17, 15) is 9.18 Å². The van der Waals surface area contributed by atoms with E-state index < -0.39 is 5.82 Å². The number of halogens is 2. The third-order valence-electron chi connectivity index (χ3n) is 2.92. The van der Waals surface area contributed by atoms with Gasteiger partial charge in [0.05, 0.1) is 16.3 Å². The summed E-state index contributed by atoms with van der Waals surface area (Å²) in [5.74, 6) is -0.675. The zero-order valence-electron chi connectivity index (χ0n) is 10.8. The fourth-order valence-electron chi connectivity index (χ4n) is 1.98. The monoisotopic (exact) mass is 280 g/mol. The average molecular weight is 281 g/mol. The van der Waals surface area contributed by atoms with Crippen LogP contribution in [0.2, 0.25) is 5.02 Å².